The Balaban J connectivity index is 1.50. The van der Waals surface area contributed by atoms with Crippen molar-refractivity contribution in [3.05, 3.63) is 71.3 Å². The van der Waals surface area contributed by atoms with Gasteiger partial charge in [-0.05, 0) is 37.5 Å². The van der Waals surface area contributed by atoms with Gasteiger partial charge in [0.05, 0.1) is 24.3 Å². The number of carbonyl (C=O) groups excluding carboxylic acids is 5. The number of carbonyl (C=O) groups is 5. The van der Waals surface area contributed by atoms with Crippen molar-refractivity contribution < 1.29 is 28.7 Å². The number of nitrogens with zero attached hydrogens (tertiary/aromatic N) is 2. The van der Waals surface area contributed by atoms with Crippen LogP contribution in [-0.2, 0) is 20.7 Å². The fraction of sp³-hybridized carbons (Fsp3) is 0.346. The number of hydrogen-bond acceptors (Lipinski definition) is 6. The molecule has 182 valence electrons. The molecule has 9 nitrogen and oxygen atoms in total. The maximum absolute atomic E-state index is 13.3. The molecule has 4 amide bonds. The van der Waals surface area contributed by atoms with E-state index in [1.165, 1.54) is 4.90 Å². The second-order valence-corrected chi connectivity index (χ2v) is 8.47. The van der Waals surface area contributed by atoms with Crippen molar-refractivity contribution in [3.63, 3.8) is 0 Å². The molecule has 2 heterocycles. The molecule has 0 unspecified atom stereocenters. The molecule has 35 heavy (non-hydrogen) atoms. The van der Waals surface area contributed by atoms with Gasteiger partial charge in [0.15, 0.2) is 5.78 Å². The van der Waals surface area contributed by atoms with E-state index in [2.05, 4.69) is 5.32 Å². The average molecular weight is 478 g/mol. The lowest BCUT2D eigenvalue weighted by molar-refractivity contribution is -0.129. The molecule has 0 spiro atoms. The highest BCUT2D eigenvalue weighted by atomic mass is 16.6. The second kappa shape index (κ2) is 10.5. The third kappa shape index (κ3) is 4.94. The predicted octanol–water partition coefficient (Wildman–Crippen LogP) is 2.20. The van der Waals surface area contributed by atoms with E-state index in [4.69, 9.17) is 4.74 Å². The van der Waals surface area contributed by atoms with Crippen LogP contribution in [0.25, 0.3) is 0 Å². The van der Waals surface area contributed by atoms with E-state index in [0.717, 1.165) is 10.5 Å². The molecule has 1 saturated heterocycles. The molecule has 0 radical (unpaired) electrons. The predicted molar refractivity (Wildman–Crippen MR) is 126 cm³/mol. The normalized spacial score (nSPS) is 17.8. The number of hydrogen-bond donors (Lipinski definition) is 1. The van der Waals surface area contributed by atoms with Gasteiger partial charge < -0.3 is 10.1 Å². The zero-order valence-electron chi connectivity index (χ0n) is 19.4. The zero-order chi connectivity index (χ0) is 24.9. The topological polar surface area (TPSA) is 113 Å². The summed E-state index contributed by atoms with van der Waals surface area (Å²) in [4.78, 5) is 66.8. The monoisotopic (exact) mass is 477 g/mol. The third-order valence-corrected chi connectivity index (χ3v) is 6.28. The van der Waals surface area contributed by atoms with Gasteiger partial charge in [0.25, 0.3) is 11.8 Å². The number of likely N-dealkylation sites (tertiary alicyclic amines) is 1. The van der Waals surface area contributed by atoms with Crippen molar-refractivity contribution in [3.8, 4) is 0 Å². The molecule has 2 aromatic carbocycles. The summed E-state index contributed by atoms with van der Waals surface area (Å²) in [5, 5.41) is 2.60. The molecule has 2 atom stereocenters. The molecule has 2 aliphatic rings. The number of rotatable bonds is 8. The van der Waals surface area contributed by atoms with Gasteiger partial charge in [0.1, 0.15) is 12.1 Å². The molecule has 9 heteroatoms. The van der Waals surface area contributed by atoms with E-state index in [0.29, 0.717) is 19.4 Å². The first-order valence-electron chi connectivity index (χ1n) is 11.7. The summed E-state index contributed by atoms with van der Waals surface area (Å²) < 4.78 is 5.02. The first kappa shape index (κ1) is 24.1. The Morgan fingerprint density at radius 3 is 2.26 bits per heavy atom. The number of ketones is 1. The number of Topliss-reactive ketones (excluding diaryl/α,β-unsaturated/α-hetero) is 1. The SMILES string of the molecule is CCOC(=O)N1CCC[C@H]1C(=O)NCC(=O)[C@H](Cc1ccccc1)N1C(=O)c2ccccc2C1=O. The molecule has 0 aromatic heterocycles. The van der Waals surface area contributed by atoms with Gasteiger partial charge in [-0.3, -0.25) is 29.0 Å². The number of imide groups is 1. The number of amides is 4. The quantitative estimate of drug-likeness (QED) is 0.584. The van der Waals surface area contributed by atoms with E-state index in [1.54, 1.807) is 31.2 Å². The van der Waals surface area contributed by atoms with E-state index >= 15 is 0 Å². The van der Waals surface area contributed by atoms with Crippen LogP contribution in [0.2, 0.25) is 0 Å². The first-order valence-corrected chi connectivity index (χ1v) is 11.7. The Labute approximate surface area is 203 Å². The van der Waals surface area contributed by atoms with Crippen molar-refractivity contribution in [2.24, 2.45) is 0 Å². The highest BCUT2D eigenvalue weighted by molar-refractivity contribution is 6.23. The second-order valence-electron chi connectivity index (χ2n) is 8.47. The van der Waals surface area contributed by atoms with Crippen molar-refractivity contribution in [2.45, 2.75) is 38.3 Å². The summed E-state index contributed by atoms with van der Waals surface area (Å²) >= 11 is 0. The van der Waals surface area contributed by atoms with Crippen molar-refractivity contribution in [1.82, 2.24) is 15.1 Å². The van der Waals surface area contributed by atoms with Gasteiger partial charge in [0, 0.05) is 13.0 Å². The highest BCUT2D eigenvalue weighted by Crippen LogP contribution is 2.26. The van der Waals surface area contributed by atoms with Crippen LogP contribution in [0.4, 0.5) is 4.79 Å². The van der Waals surface area contributed by atoms with Gasteiger partial charge in [-0.1, -0.05) is 42.5 Å². The Bertz CT molecular complexity index is 1110. The first-order chi connectivity index (χ1) is 16.9. The number of benzene rings is 2. The van der Waals surface area contributed by atoms with E-state index in [-0.39, 0.29) is 30.7 Å². The summed E-state index contributed by atoms with van der Waals surface area (Å²) in [7, 11) is 0. The van der Waals surface area contributed by atoms with Crippen LogP contribution >= 0.6 is 0 Å². The van der Waals surface area contributed by atoms with Crippen molar-refractivity contribution >= 4 is 29.6 Å². The largest absolute Gasteiger partial charge is 0.450 e. The lowest BCUT2D eigenvalue weighted by Crippen LogP contribution is -2.52. The highest BCUT2D eigenvalue weighted by Gasteiger charge is 2.43. The Morgan fingerprint density at radius 2 is 1.63 bits per heavy atom. The summed E-state index contributed by atoms with van der Waals surface area (Å²) in [5.41, 5.74) is 1.28. The van der Waals surface area contributed by atoms with E-state index in [9.17, 15) is 24.0 Å². The fourth-order valence-electron chi connectivity index (χ4n) is 4.55. The molecule has 0 aliphatic carbocycles. The van der Waals surface area contributed by atoms with Crippen LogP contribution in [0.15, 0.2) is 54.6 Å². The van der Waals surface area contributed by atoms with E-state index < -0.39 is 41.7 Å². The van der Waals surface area contributed by atoms with Gasteiger partial charge in [0.2, 0.25) is 5.91 Å². The maximum atomic E-state index is 13.3. The van der Waals surface area contributed by atoms with Crippen molar-refractivity contribution in [1.29, 1.82) is 0 Å². The minimum atomic E-state index is -1.09. The summed E-state index contributed by atoms with van der Waals surface area (Å²) in [6.45, 7) is 1.91. The van der Waals surface area contributed by atoms with Gasteiger partial charge >= 0.3 is 6.09 Å². The molecule has 1 N–H and O–H groups in total. The minimum Gasteiger partial charge on any atom is -0.450 e. The molecule has 2 aromatic rings. The van der Waals surface area contributed by atoms with Gasteiger partial charge in [-0.25, -0.2) is 4.79 Å². The van der Waals surface area contributed by atoms with Crippen LogP contribution in [0.3, 0.4) is 0 Å². The molecule has 0 bridgehead atoms. The van der Waals surface area contributed by atoms with Crippen LogP contribution in [-0.4, -0.2) is 71.2 Å². The Hall–Kier alpha value is -4.01. The lowest BCUT2D eigenvalue weighted by Gasteiger charge is -2.26. The fourth-order valence-corrected chi connectivity index (χ4v) is 4.55. The molecule has 1 fully saturated rings. The summed E-state index contributed by atoms with van der Waals surface area (Å²) in [6, 6.07) is 13.7. The van der Waals surface area contributed by atoms with Gasteiger partial charge in [-0.15, -0.1) is 0 Å². The molecule has 2 aliphatic heterocycles. The van der Waals surface area contributed by atoms with Gasteiger partial charge in [-0.2, -0.15) is 0 Å². The molecule has 0 saturated carbocycles. The standard InChI is InChI=1S/C26H27N3O6/c1-2-35-26(34)28-14-8-13-20(28)23(31)27-16-22(30)21(15-17-9-4-3-5-10-17)29-24(32)18-11-6-7-12-19(18)25(29)33/h3-7,9-12,20-21H,2,8,13-16H2,1H3,(H,27,31)/t20-,21-/m0/s1. The number of nitrogens with one attached hydrogen (secondary N) is 1. The van der Waals surface area contributed by atoms with Crippen LogP contribution in [0, 0.1) is 0 Å². The lowest BCUT2D eigenvalue weighted by atomic mass is 10.0. The average Bonchev–Trinajstić information content (AvgIpc) is 3.46. The molecular formula is C26H27N3O6. The third-order valence-electron chi connectivity index (χ3n) is 6.28. The van der Waals surface area contributed by atoms with Crippen LogP contribution in [0.1, 0.15) is 46.0 Å². The summed E-state index contributed by atoms with van der Waals surface area (Å²) in [6.07, 6.45) is 0.671. The van der Waals surface area contributed by atoms with Crippen LogP contribution in [0.5, 0.6) is 0 Å². The Kier molecular flexibility index (Phi) is 7.24. The van der Waals surface area contributed by atoms with Crippen molar-refractivity contribution in [2.75, 3.05) is 19.7 Å². The number of fused-ring (bicyclic) bond motifs is 1. The molecular weight excluding hydrogens is 450 g/mol. The molecule has 4 rings (SSSR count). The van der Waals surface area contributed by atoms with E-state index in [1.807, 2.05) is 30.3 Å². The Morgan fingerprint density at radius 1 is 1.00 bits per heavy atom. The summed E-state index contributed by atoms with van der Waals surface area (Å²) in [5.74, 6) is -2.01. The zero-order valence-corrected chi connectivity index (χ0v) is 19.4. The minimum absolute atomic E-state index is 0.124. The maximum Gasteiger partial charge on any atom is 0.410 e. The number of ether oxygens (including phenoxy) is 1. The smallest absolute Gasteiger partial charge is 0.410 e. The van der Waals surface area contributed by atoms with Crippen LogP contribution < -0.4 is 5.32 Å².